The van der Waals surface area contributed by atoms with E-state index in [9.17, 15) is 4.79 Å². The average molecular weight is 474 g/mol. The molecular formula is C28H35N5O2. The van der Waals surface area contributed by atoms with Gasteiger partial charge in [0, 0.05) is 56.9 Å². The van der Waals surface area contributed by atoms with E-state index in [0.29, 0.717) is 38.6 Å². The molecule has 184 valence electrons. The Morgan fingerprint density at radius 2 is 1.69 bits per heavy atom. The molecule has 1 saturated heterocycles. The number of carbonyl (C=O) groups is 1. The molecule has 1 aromatic heterocycles. The first-order valence-electron chi connectivity index (χ1n) is 12.2. The van der Waals surface area contributed by atoms with Gasteiger partial charge in [-0.2, -0.15) is 0 Å². The summed E-state index contributed by atoms with van der Waals surface area (Å²) in [5.74, 6) is 1.62. The fraction of sp³-hybridized carbons (Fsp3) is 0.393. The summed E-state index contributed by atoms with van der Waals surface area (Å²) >= 11 is 0. The molecule has 1 aliphatic rings. The largest absolute Gasteiger partial charge is 0.378 e. The Bertz CT molecular complexity index is 1120. The minimum atomic E-state index is -0.00716. The lowest BCUT2D eigenvalue weighted by Gasteiger charge is -2.37. The van der Waals surface area contributed by atoms with Gasteiger partial charge in [0.2, 0.25) is 0 Å². The molecule has 1 fully saturated rings. The van der Waals surface area contributed by atoms with Gasteiger partial charge in [-0.15, -0.1) is 0 Å². The number of aromatic nitrogens is 2. The Hall–Kier alpha value is -3.45. The number of carbonyl (C=O) groups excluding carboxylic acids is 1. The standard InChI is InChI=1S/C28H35N5O2/c1-20(2)29-28(34)33-16-14-32(15-17-33)27-24(18-22-12-10-21(3)11-13-22)25(19-35-4)30-26(31-27)23-8-6-5-7-9-23/h5-13,20H,14-19H2,1-4H3,(H,29,34). The van der Waals surface area contributed by atoms with E-state index in [0.717, 1.165) is 29.1 Å². The third-order valence-corrected chi connectivity index (χ3v) is 6.16. The zero-order valence-corrected chi connectivity index (χ0v) is 21.1. The minimum Gasteiger partial charge on any atom is -0.378 e. The molecule has 0 bridgehead atoms. The molecule has 2 amide bonds. The molecule has 7 heteroatoms. The van der Waals surface area contributed by atoms with Gasteiger partial charge >= 0.3 is 6.03 Å². The van der Waals surface area contributed by atoms with Crippen molar-refractivity contribution in [1.29, 1.82) is 0 Å². The molecular weight excluding hydrogens is 438 g/mol. The normalized spacial score (nSPS) is 13.9. The lowest BCUT2D eigenvalue weighted by atomic mass is 10.0. The van der Waals surface area contributed by atoms with Crippen LogP contribution in [0.4, 0.5) is 10.6 Å². The second-order valence-electron chi connectivity index (χ2n) is 9.34. The summed E-state index contributed by atoms with van der Waals surface area (Å²) in [7, 11) is 1.70. The van der Waals surface area contributed by atoms with E-state index in [2.05, 4.69) is 41.4 Å². The molecule has 2 heterocycles. The van der Waals surface area contributed by atoms with Gasteiger partial charge in [-0.1, -0.05) is 60.2 Å². The lowest BCUT2D eigenvalue weighted by Crippen LogP contribution is -2.53. The van der Waals surface area contributed by atoms with E-state index < -0.39 is 0 Å². The number of ether oxygens (including phenoxy) is 1. The molecule has 0 radical (unpaired) electrons. The number of piperazine rings is 1. The van der Waals surface area contributed by atoms with Crippen LogP contribution in [-0.2, 0) is 17.8 Å². The molecule has 1 aliphatic heterocycles. The highest BCUT2D eigenvalue weighted by Gasteiger charge is 2.26. The molecule has 2 aromatic carbocycles. The predicted molar refractivity (Wildman–Crippen MR) is 140 cm³/mol. The first-order chi connectivity index (χ1) is 16.9. The van der Waals surface area contributed by atoms with Gasteiger partial charge in [0.15, 0.2) is 5.82 Å². The van der Waals surface area contributed by atoms with Crippen LogP contribution in [0.2, 0.25) is 0 Å². The van der Waals surface area contributed by atoms with Crippen LogP contribution in [-0.4, -0.2) is 60.2 Å². The number of hydrogen-bond acceptors (Lipinski definition) is 5. The van der Waals surface area contributed by atoms with Gasteiger partial charge in [0.05, 0.1) is 12.3 Å². The number of rotatable bonds is 7. The van der Waals surface area contributed by atoms with E-state index in [1.807, 2.05) is 49.1 Å². The van der Waals surface area contributed by atoms with Crippen LogP contribution >= 0.6 is 0 Å². The fourth-order valence-electron chi connectivity index (χ4n) is 4.30. The van der Waals surface area contributed by atoms with Crippen molar-refractivity contribution in [3.8, 4) is 11.4 Å². The minimum absolute atomic E-state index is 0.00716. The number of nitrogens with one attached hydrogen (secondary N) is 1. The van der Waals surface area contributed by atoms with Crippen LogP contribution in [0.15, 0.2) is 54.6 Å². The molecule has 0 saturated carbocycles. The maximum atomic E-state index is 12.5. The highest BCUT2D eigenvalue weighted by atomic mass is 16.5. The van der Waals surface area contributed by atoms with E-state index in [1.165, 1.54) is 11.1 Å². The molecule has 4 rings (SSSR count). The Kier molecular flexibility index (Phi) is 7.98. The second kappa shape index (κ2) is 11.3. The molecule has 35 heavy (non-hydrogen) atoms. The van der Waals surface area contributed by atoms with Crippen molar-refractivity contribution in [2.24, 2.45) is 0 Å². The Morgan fingerprint density at radius 3 is 2.31 bits per heavy atom. The zero-order valence-electron chi connectivity index (χ0n) is 21.1. The van der Waals surface area contributed by atoms with E-state index in [4.69, 9.17) is 14.7 Å². The lowest BCUT2D eigenvalue weighted by molar-refractivity contribution is 0.180. The number of amides is 2. The number of benzene rings is 2. The highest BCUT2D eigenvalue weighted by molar-refractivity contribution is 5.75. The van der Waals surface area contributed by atoms with Crippen LogP contribution in [0.25, 0.3) is 11.4 Å². The quantitative estimate of drug-likeness (QED) is 0.550. The number of aryl methyl sites for hydroxylation is 1. The van der Waals surface area contributed by atoms with Crippen LogP contribution in [0.1, 0.15) is 36.2 Å². The average Bonchev–Trinajstić information content (AvgIpc) is 2.86. The second-order valence-corrected chi connectivity index (χ2v) is 9.34. The van der Waals surface area contributed by atoms with Gasteiger partial charge in [-0.3, -0.25) is 0 Å². The van der Waals surface area contributed by atoms with Crippen molar-refractivity contribution in [3.63, 3.8) is 0 Å². The zero-order chi connectivity index (χ0) is 24.8. The number of methoxy groups -OCH3 is 1. The van der Waals surface area contributed by atoms with Gasteiger partial charge in [-0.25, -0.2) is 14.8 Å². The number of anilines is 1. The number of hydrogen-bond donors (Lipinski definition) is 1. The van der Waals surface area contributed by atoms with Crippen molar-refractivity contribution in [1.82, 2.24) is 20.2 Å². The summed E-state index contributed by atoms with van der Waals surface area (Å²) in [5, 5.41) is 3.00. The third-order valence-electron chi connectivity index (χ3n) is 6.16. The van der Waals surface area contributed by atoms with Gasteiger partial charge in [0.25, 0.3) is 0 Å². The summed E-state index contributed by atoms with van der Waals surface area (Å²) < 4.78 is 5.57. The van der Waals surface area contributed by atoms with Gasteiger partial charge < -0.3 is 19.9 Å². The van der Waals surface area contributed by atoms with Gasteiger partial charge in [0.1, 0.15) is 5.82 Å². The highest BCUT2D eigenvalue weighted by Crippen LogP contribution is 2.29. The van der Waals surface area contributed by atoms with Crippen LogP contribution in [0, 0.1) is 6.92 Å². The third kappa shape index (κ3) is 6.17. The van der Waals surface area contributed by atoms with Crippen molar-refractivity contribution in [2.45, 2.75) is 39.8 Å². The van der Waals surface area contributed by atoms with Crippen LogP contribution in [0.3, 0.4) is 0 Å². The molecule has 0 aliphatic carbocycles. The van der Waals surface area contributed by atoms with Crippen molar-refractivity contribution in [3.05, 3.63) is 77.0 Å². The summed E-state index contributed by atoms with van der Waals surface area (Å²) in [6.45, 7) is 9.18. The van der Waals surface area contributed by atoms with Crippen LogP contribution < -0.4 is 10.2 Å². The smallest absolute Gasteiger partial charge is 0.317 e. The molecule has 1 N–H and O–H groups in total. The monoisotopic (exact) mass is 473 g/mol. The summed E-state index contributed by atoms with van der Waals surface area (Å²) in [6, 6.07) is 18.8. The molecule has 3 aromatic rings. The van der Waals surface area contributed by atoms with E-state index in [-0.39, 0.29) is 12.1 Å². The summed E-state index contributed by atoms with van der Waals surface area (Å²) in [5.41, 5.74) is 5.40. The van der Waals surface area contributed by atoms with E-state index in [1.54, 1.807) is 7.11 Å². The number of nitrogens with zero attached hydrogens (tertiary/aromatic N) is 4. The Morgan fingerprint density at radius 1 is 1.00 bits per heavy atom. The van der Waals surface area contributed by atoms with Crippen LogP contribution in [0.5, 0.6) is 0 Å². The fourth-order valence-corrected chi connectivity index (χ4v) is 4.30. The van der Waals surface area contributed by atoms with Crippen molar-refractivity contribution >= 4 is 11.8 Å². The summed E-state index contributed by atoms with van der Waals surface area (Å²) in [6.07, 6.45) is 0.720. The molecule has 7 nitrogen and oxygen atoms in total. The SMILES string of the molecule is COCc1nc(-c2ccccc2)nc(N2CCN(C(=O)NC(C)C)CC2)c1Cc1ccc(C)cc1. The maximum Gasteiger partial charge on any atom is 0.317 e. The first-order valence-corrected chi connectivity index (χ1v) is 12.2. The summed E-state index contributed by atoms with van der Waals surface area (Å²) in [4.78, 5) is 26.7. The predicted octanol–water partition coefficient (Wildman–Crippen LogP) is 4.43. The van der Waals surface area contributed by atoms with Crippen molar-refractivity contribution in [2.75, 3.05) is 38.2 Å². The molecule has 0 atom stereocenters. The van der Waals surface area contributed by atoms with E-state index >= 15 is 0 Å². The molecule has 0 unspecified atom stereocenters. The maximum absolute atomic E-state index is 12.5. The topological polar surface area (TPSA) is 70.6 Å². The Balaban J connectivity index is 1.70. The van der Waals surface area contributed by atoms with Crippen molar-refractivity contribution < 1.29 is 9.53 Å². The number of urea groups is 1. The van der Waals surface area contributed by atoms with Gasteiger partial charge in [-0.05, 0) is 26.3 Å². The molecule has 0 spiro atoms. The Labute approximate surface area is 208 Å². The first kappa shape index (κ1) is 24.7.